The normalized spacial score (nSPS) is 12.2. The third-order valence-electron chi connectivity index (χ3n) is 3.95. The van der Waals surface area contributed by atoms with Gasteiger partial charge in [0.05, 0.1) is 0 Å². The first-order chi connectivity index (χ1) is 16.8. The molecule has 2 aromatic carbocycles. The lowest BCUT2D eigenvalue weighted by Crippen LogP contribution is -2.14. The summed E-state index contributed by atoms with van der Waals surface area (Å²) in [5.41, 5.74) is -2.22. The number of esters is 1. The smallest absolute Gasteiger partial charge is 0.446 e. The van der Waals surface area contributed by atoms with Gasteiger partial charge in [-0.3, -0.25) is 23.2 Å². The van der Waals surface area contributed by atoms with Crippen molar-refractivity contribution in [3.8, 4) is 40.1 Å². The van der Waals surface area contributed by atoms with Crippen LogP contribution in [0.3, 0.4) is 0 Å². The first-order valence-corrected chi connectivity index (χ1v) is 13.1. The Kier molecular flexibility index (Phi) is 7.09. The van der Waals surface area contributed by atoms with Crippen molar-refractivity contribution in [3.05, 3.63) is 40.6 Å². The van der Waals surface area contributed by atoms with Crippen LogP contribution in [0.25, 0.3) is 22.3 Å². The molecule has 17 nitrogen and oxygen atoms in total. The standard InChI is InChI=1S/C17H12O17S3/c1-7(18)30-17-15(20)14-10(19)5-9(32-35(21,22)23)6-13(14)31-16(17)8-2-3-11(33-36(24,25)26)12(4-8)34-37(27,28)29/h2-6,19H,1H3,(H,21,22,23)(H,24,25,26)(H,27,28,29). The molecule has 3 rings (SSSR count). The molecule has 0 aliphatic rings. The van der Waals surface area contributed by atoms with E-state index in [0.717, 1.165) is 19.1 Å². The highest BCUT2D eigenvalue weighted by atomic mass is 32.3. The van der Waals surface area contributed by atoms with Gasteiger partial charge >= 0.3 is 37.2 Å². The SMILES string of the molecule is CC(=O)Oc1c(-c2ccc(OS(=O)(=O)O)c(OS(=O)(=O)O)c2)oc2cc(OS(=O)(=O)O)cc(O)c2c1=O. The molecule has 0 aliphatic carbocycles. The first kappa shape index (κ1) is 27.6. The average molecular weight is 584 g/mol. The van der Waals surface area contributed by atoms with Gasteiger partial charge in [-0.1, -0.05) is 0 Å². The lowest BCUT2D eigenvalue weighted by atomic mass is 10.1. The van der Waals surface area contributed by atoms with Crippen LogP contribution in [0.2, 0.25) is 0 Å². The molecule has 4 N–H and O–H groups in total. The van der Waals surface area contributed by atoms with Crippen molar-refractivity contribution >= 4 is 48.1 Å². The number of phenolic OH excluding ortho intramolecular Hbond substituents is 1. The lowest BCUT2D eigenvalue weighted by molar-refractivity contribution is -0.132. The predicted molar refractivity (Wildman–Crippen MR) is 117 cm³/mol. The molecule has 0 fully saturated rings. The molecule has 0 saturated heterocycles. The Morgan fingerprint density at radius 2 is 1.41 bits per heavy atom. The van der Waals surface area contributed by atoms with Gasteiger partial charge in [0.15, 0.2) is 23.0 Å². The fourth-order valence-electron chi connectivity index (χ4n) is 2.86. The second-order valence-corrected chi connectivity index (χ2v) is 9.76. The van der Waals surface area contributed by atoms with Gasteiger partial charge in [0.2, 0.25) is 11.2 Å². The highest BCUT2D eigenvalue weighted by molar-refractivity contribution is 7.81. The number of ether oxygens (including phenoxy) is 1. The molecule has 0 radical (unpaired) electrons. The Hall–Kier alpha value is -3.95. The van der Waals surface area contributed by atoms with E-state index in [0.29, 0.717) is 18.2 Å². The molecular formula is C17H12O17S3. The molecule has 0 bridgehead atoms. The lowest BCUT2D eigenvalue weighted by Gasteiger charge is -2.13. The summed E-state index contributed by atoms with van der Waals surface area (Å²) in [7, 11) is -15.6. The van der Waals surface area contributed by atoms with Crippen molar-refractivity contribution in [2.24, 2.45) is 0 Å². The summed E-state index contributed by atoms with van der Waals surface area (Å²) in [6.45, 7) is 0.881. The largest absolute Gasteiger partial charge is 0.507 e. The number of benzene rings is 2. The highest BCUT2D eigenvalue weighted by Crippen LogP contribution is 2.40. The zero-order chi connectivity index (χ0) is 27.9. The first-order valence-electron chi connectivity index (χ1n) is 9.00. The third-order valence-corrected chi connectivity index (χ3v) is 5.13. The van der Waals surface area contributed by atoms with Gasteiger partial charge in [-0.25, -0.2) is 0 Å². The Balaban J connectivity index is 2.37. The maximum atomic E-state index is 13.0. The van der Waals surface area contributed by atoms with E-state index >= 15 is 0 Å². The number of fused-ring (bicyclic) bond motifs is 1. The number of rotatable bonds is 8. The zero-order valence-corrected chi connectivity index (χ0v) is 20.2. The fraction of sp³-hybridized carbons (Fsp3) is 0.0588. The zero-order valence-electron chi connectivity index (χ0n) is 17.7. The number of hydrogen-bond donors (Lipinski definition) is 4. The van der Waals surface area contributed by atoms with E-state index in [2.05, 4.69) is 12.5 Å². The fourth-order valence-corrected chi connectivity index (χ4v) is 3.93. The van der Waals surface area contributed by atoms with Crippen molar-refractivity contribution in [2.45, 2.75) is 6.92 Å². The second kappa shape index (κ2) is 9.49. The molecule has 1 heterocycles. The van der Waals surface area contributed by atoms with Crippen LogP contribution in [-0.4, -0.2) is 50.0 Å². The van der Waals surface area contributed by atoms with Crippen LogP contribution in [0.5, 0.6) is 28.7 Å². The molecular weight excluding hydrogens is 572 g/mol. The van der Waals surface area contributed by atoms with Gasteiger partial charge < -0.3 is 26.8 Å². The van der Waals surface area contributed by atoms with Gasteiger partial charge in [-0.05, 0) is 18.2 Å². The minimum absolute atomic E-state index is 0.405. The van der Waals surface area contributed by atoms with Crippen molar-refractivity contribution < 1.29 is 70.5 Å². The van der Waals surface area contributed by atoms with Crippen LogP contribution in [0.15, 0.2) is 39.5 Å². The summed E-state index contributed by atoms with van der Waals surface area (Å²) in [4.78, 5) is 24.6. The summed E-state index contributed by atoms with van der Waals surface area (Å²) in [5.74, 6) is -6.36. The van der Waals surface area contributed by atoms with Crippen LogP contribution < -0.4 is 22.7 Å². The van der Waals surface area contributed by atoms with E-state index in [1.165, 1.54) is 0 Å². The molecule has 3 aromatic rings. The summed E-state index contributed by atoms with van der Waals surface area (Å²) in [6.07, 6.45) is 0. The molecule has 0 atom stereocenters. The van der Waals surface area contributed by atoms with Crippen LogP contribution in [0.1, 0.15) is 6.92 Å². The van der Waals surface area contributed by atoms with Crippen molar-refractivity contribution in [3.63, 3.8) is 0 Å². The average Bonchev–Trinajstić information content (AvgIpc) is 2.67. The molecule has 0 spiro atoms. The molecule has 0 saturated carbocycles. The molecule has 37 heavy (non-hydrogen) atoms. The van der Waals surface area contributed by atoms with Crippen molar-refractivity contribution in [1.82, 2.24) is 0 Å². The Morgan fingerprint density at radius 3 is 1.95 bits per heavy atom. The third kappa shape index (κ3) is 7.05. The second-order valence-electron chi connectivity index (χ2n) is 6.69. The number of phenols is 1. The number of hydrogen-bond acceptors (Lipinski definition) is 14. The van der Waals surface area contributed by atoms with E-state index in [1.807, 2.05) is 0 Å². The van der Waals surface area contributed by atoms with Crippen molar-refractivity contribution in [2.75, 3.05) is 0 Å². The van der Waals surface area contributed by atoms with Crippen LogP contribution in [0.4, 0.5) is 0 Å². The van der Waals surface area contributed by atoms with E-state index in [9.17, 15) is 39.9 Å². The van der Waals surface area contributed by atoms with E-state index in [4.69, 9.17) is 22.8 Å². The molecule has 1 aromatic heterocycles. The summed E-state index contributed by atoms with van der Waals surface area (Å²) >= 11 is 0. The van der Waals surface area contributed by atoms with Gasteiger partial charge in [-0.15, -0.1) is 0 Å². The summed E-state index contributed by atoms with van der Waals surface area (Å²) < 4.78 is 116. The predicted octanol–water partition coefficient (Wildman–Crippen LogP) is 0.636. The summed E-state index contributed by atoms with van der Waals surface area (Å²) in [6, 6.07) is 3.54. The minimum Gasteiger partial charge on any atom is -0.507 e. The van der Waals surface area contributed by atoms with Crippen LogP contribution >= 0.6 is 0 Å². The quantitative estimate of drug-likeness (QED) is 0.209. The summed E-state index contributed by atoms with van der Waals surface area (Å²) in [5, 5.41) is 9.55. The van der Waals surface area contributed by atoms with Crippen LogP contribution in [-0.2, 0) is 36.0 Å². The monoisotopic (exact) mass is 584 g/mol. The van der Waals surface area contributed by atoms with Crippen molar-refractivity contribution in [1.29, 1.82) is 0 Å². The maximum absolute atomic E-state index is 13.0. The van der Waals surface area contributed by atoms with Gasteiger partial charge in [-0.2, -0.15) is 25.3 Å². The number of carbonyl (C=O) groups is 1. The van der Waals surface area contributed by atoms with E-state index < -0.39 is 93.6 Å². The number of aromatic hydroxyl groups is 1. The van der Waals surface area contributed by atoms with Gasteiger partial charge in [0.1, 0.15) is 16.7 Å². The minimum atomic E-state index is -5.32. The van der Waals surface area contributed by atoms with Crippen LogP contribution in [0, 0.1) is 0 Å². The Morgan fingerprint density at radius 1 is 0.838 bits per heavy atom. The molecule has 20 heteroatoms. The van der Waals surface area contributed by atoms with Gasteiger partial charge in [0, 0.05) is 24.6 Å². The highest BCUT2D eigenvalue weighted by Gasteiger charge is 2.25. The molecule has 0 aliphatic heterocycles. The Labute approximate surface area is 206 Å². The topological polar surface area (TPSA) is 268 Å². The molecule has 200 valence electrons. The number of carbonyl (C=O) groups excluding carboxylic acids is 1. The molecule has 0 amide bonds. The van der Waals surface area contributed by atoms with Gasteiger partial charge in [0.25, 0.3) is 0 Å². The Bertz CT molecular complexity index is 1800. The van der Waals surface area contributed by atoms with E-state index in [-0.39, 0.29) is 0 Å². The maximum Gasteiger partial charge on any atom is 0.446 e. The molecule has 0 unspecified atom stereocenters. The van der Waals surface area contributed by atoms with E-state index in [1.54, 1.807) is 0 Å².